The zero-order valence-electron chi connectivity index (χ0n) is 11.7. The molecule has 0 saturated carbocycles. The second-order valence-electron chi connectivity index (χ2n) is 4.58. The number of carbonyl (C=O) groups excluding carboxylic acids is 1. The van der Waals surface area contributed by atoms with E-state index >= 15 is 0 Å². The summed E-state index contributed by atoms with van der Waals surface area (Å²) in [5, 5.41) is 12.0. The molecule has 0 spiro atoms. The standard InChI is InChI=1S/C15H15NO4S/c1-9-3-4-10(2)11(7-9)16-13(17)8-21-14-6-5-12(20-14)15(18)19/h3-7H,8H2,1-2H3,(H,16,17)(H,18,19). The Morgan fingerprint density at radius 2 is 2.00 bits per heavy atom. The molecule has 0 fully saturated rings. The van der Waals surface area contributed by atoms with E-state index in [-0.39, 0.29) is 17.4 Å². The number of carboxylic acid groups (broad SMARTS) is 1. The minimum Gasteiger partial charge on any atom is -0.475 e. The predicted octanol–water partition coefficient (Wildman–Crippen LogP) is 3.33. The van der Waals surface area contributed by atoms with Crippen LogP contribution in [-0.2, 0) is 4.79 Å². The zero-order chi connectivity index (χ0) is 15.4. The molecule has 0 unspecified atom stereocenters. The van der Waals surface area contributed by atoms with Crippen molar-refractivity contribution in [3.8, 4) is 0 Å². The summed E-state index contributed by atoms with van der Waals surface area (Å²) in [6, 6.07) is 8.75. The van der Waals surface area contributed by atoms with Crippen LogP contribution in [-0.4, -0.2) is 22.7 Å². The topological polar surface area (TPSA) is 79.5 Å². The summed E-state index contributed by atoms with van der Waals surface area (Å²) in [5.74, 6) is -1.27. The van der Waals surface area contributed by atoms with Crippen LogP contribution in [0.5, 0.6) is 0 Å². The Kier molecular flexibility index (Phi) is 4.70. The van der Waals surface area contributed by atoms with Gasteiger partial charge in [0.1, 0.15) is 0 Å². The van der Waals surface area contributed by atoms with Crippen molar-refractivity contribution in [2.75, 3.05) is 11.1 Å². The highest BCUT2D eigenvalue weighted by Crippen LogP contribution is 2.22. The van der Waals surface area contributed by atoms with E-state index in [2.05, 4.69) is 5.32 Å². The van der Waals surface area contributed by atoms with E-state index in [1.807, 2.05) is 32.0 Å². The van der Waals surface area contributed by atoms with E-state index in [0.29, 0.717) is 5.09 Å². The maximum atomic E-state index is 11.9. The number of carboxylic acids is 1. The van der Waals surface area contributed by atoms with Crippen LogP contribution in [0.4, 0.5) is 5.69 Å². The van der Waals surface area contributed by atoms with Crippen LogP contribution in [0.3, 0.4) is 0 Å². The molecule has 0 radical (unpaired) electrons. The molecule has 110 valence electrons. The van der Waals surface area contributed by atoms with Crippen molar-refractivity contribution < 1.29 is 19.1 Å². The number of rotatable bonds is 5. The Morgan fingerprint density at radius 1 is 1.24 bits per heavy atom. The summed E-state index contributed by atoms with van der Waals surface area (Å²) in [7, 11) is 0. The van der Waals surface area contributed by atoms with E-state index < -0.39 is 5.97 Å². The quantitative estimate of drug-likeness (QED) is 0.828. The minimum atomic E-state index is -1.12. The average molecular weight is 305 g/mol. The van der Waals surface area contributed by atoms with Gasteiger partial charge in [-0.1, -0.05) is 23.9 Å². The van der Waals surface area contributed by atoms with Crippen molar-refractivity contribution in [3.05, 3.63) is 47.2 Å². The van der Waals surface area contributed by atoms with Crippen molar-refractivity contribution in [1.29, 1.82) is 0 Å². The Bertz CT molecular complexity index is 678. The van der Waals surface area contributed by atoms with Crippen molar-refractivity contribution >= 4 is 29.3 Å². The van der Waals surface area contributed by atoms with Crippen molar-refractivity contribution in [3.63, 3.8) is 0 Å². The third kappa shape index (κ3) is 4.13. The average Bonchev–Trinajstić information content (AvgIpc) is 2.90. The maximum absolute atomic E-state index is 11.9. The van der Waals surface area contributed by atoms with Crippen LogP contribution < -0.4 is 5.32 Å². The molecular weight excluding hydrogens is 290 g/mol. The van der Waals surface area contributed by atoms with Crippen LogP contribution in [0, 0.1) is 13.8 Å². The van der Waals surface area contributed by atoms with Gasteiger partial charge in [-0.15, -0.1) is 0 Å². The van der Waals surface area contributed by atoms with Crippen molar-refractivity contribution in [2.24, 2.45) is 0 Å². The van der Waals surface area contributed by atoms with Gasteiger partial charge in [0, 0.05) is 5.69 Å². The summed E-state index contributed by atoms with van der Waals surface area (Å²) >= 11 is 1.15. The molecule has 0 bridgehead atoms. The van der Waals surface area contributed by atoms with Gasteiger partial charge in [-0.05, 0) is 43.2 Å². The van der Waals surface area contributed by atoms with Gasteiger partial charge in [-0.3, -0.25) is 4.79 Å². The van der Waals surface area contributed by atoms with Crippen LogP contribution in [0.2, 0.25) is 0 Å². The van der Waals surface area contributed by atoms with Gasteiger partial charge in [-0.2, -0.15) is 0 Å². The number of hydrogen-bond donors (Lipinski definition) is 2. The van der Waals surface area contributed by atoms with Crippen LogP contribution in [0.1, 0.15) is 21.7 Å². The lowest BCUT2D eigenvalue weighted by atomic mass is 10.1. The van der Waals surface area contributed by atoms with Gasteiger partial charge < -0.3 is 14.8 Å². The van der Waals surface area contributed by atoms with Crippen molar-refractivity contribution in [1.82, 2.24) is 0 Å². The van der Waals surface area contributed by atoms with Gasteiger partial charge in [0.15, 0.2) is 5.09 Å². The first-order valence-electron chi connectivity index (χ1n) is 6.29. The van der Waals surface area contributed by atoms with E-state index in [1.54, 1.807) is 6.07 Å². The second kappa shape index (κ2) is 6.49. The monoisotopic (exact) mass is 305 g/mol. The zero-order valence-corrected chi connectivity index (χ0v) is 12.5. The summed E-state index contributed by atoms with van der Waals surface area (Å²) in [4.78, 5) is 22.6. The molecule has 5 nitrogen and oxygen atoms in total. The number of benzene rings is 1. The van der Waals surface area contributed by atoms with E-state index in [9.17, 15) is 9.59 Å². The number of furan rings is 1. The number of amides is 1. The number of nitrogens with one attached hydrogen (secondary N) is 1. The van der Waals surface area contributed by atoms with Gasteiger partial charge in [0.05, 0.1) is 5.75 Å². The van der Waals surface area contributed by atoms with Gasteiger partial charge in [-0.25, -0.2) is 4.79 Å². The second-order valence-corrected chi connectivity index (χ2v) is 5.56. The van der Waals surface area contributed by atoms with E-state index in [1.165, 1.54) is 6.07 Å². The predicted molar refractivity (Wildman–Crippen MR) is 80.9 cm³/mol. The molecule has 2 N–H and O–H groups in total. The first-order valence-corrected chi connectivity index (χ1v) is 7.27. The summed E-state index contributed by atoms with van der Waals surface area (Å²) in [6.07, 6.45) is 0. The molecule has 2 rings (SSSR count). The molecule has 0 atom stereocenters. The minimum absolute atomic E-state index is 0.132. The summed E-state index contributed by atoms with van der Waals surface area (Å²) in [6.45, 7) is 3.88. The molecule has 0 aliphatic heterocycles. The lowest BCUT2D eigenvalue weighted by Crippen LogP contribution is -2.14. The first kappa shape index (κ1) is 15.2. The molecule has 1 heterocycles. The summed E-state index contributed by atoms with van der Waals surface area (Å²) < 4.78 is 5.07. The number of thioether (sulfide) groups is 1. The normalized spacial score (nSPS) is 10.4. The smallest absolute Gasteiger partial charge is 0.371 e. The van der Waals surface area contributed by atoms with Crippen LogP contribution >= 0.6 is 11.8 Å². The largest absolute Gasteiger partial charge is 0.475 e. The number of aryl methyl sites for hydroxylation is 2. The molecule has 0 aliphatic carbocycles. The molecule has 0 saturated heterocycles. The van der Waals surface area contributed by atoms with E-state index in [0.717, 1.165) is 28.6 Å². The molecular formula is C15H15NO4S. The fourth-order valence-electron chi connectivity index (χ4n) is 1.71. The molecule has 1 aromatic heterocycles. The number of aromatic carboxylic acids is 1. The van der Waals surface area contributed by atoms with Crippen LogP contribution in [0.25, 0.3) is 0 Å². The summed E-state index contributed by atoms with van der Waals surface area (Å²) in [5.41, 5.74) is 2.84. The Labute approximate surface area is 126 Å². The van der Waals surface area contributed by atoms with Gasteiger partial charge in [0.2, 0.25) is 11.7 Å². The SMILES string of the molecule is Cc1ccc(C)c(NC(=O)CSc2ccc(C(=O)O)o2)c1. The number of carbonyl (C=O) groups is 2. The first-order chi connectivity index (χ1) is 9.95. The molecule has 2 aromatic rings. The Morgan fingerprint density at radius 3 is 2.67 bits per heavy atom. The van der Waals surface area contributed by atoms with E-state index in [4.69, 9.17) is 9.52 Å². The van der Waals surface area contributed by atoms with Crippen molar-refractivity contribution in [2.45, 2.75) is 18.9 Å². The maximum Gasteiger partial charge on any atom is 0.371 e. The lowest BCUT2D eigenvalue weighted by molar-refractivity contribution is -0.113. The third-order valence-electron chi connectivity index (χ3n) is 2.80. The molecule has 21 heavy (non-hydrogen) atoms. The molecule has 6 heteroatoms. The van der Waals surface area contributed by atoms with Gasteiger partial charge in [0.25, 0.3) is 0 Å². The van der Waals surface area contributed by atoms with Crippen LogP contribution in [0.15, 0.2) is 39.8 Å². The molecule has 1 aromatic carbocycles. The highest BCUT2D eigenvalue weighted by Gasteiger charge is 2.11. The Balaban J connectivity index is 1.92. The lowest BCUT2D eigenvalue weighted by Gasteiger charge is -2.08. The fraction of sp³-hybridized carbons (Fsp3) is 0.200. The molecule has 1 amide bonds. The van der Waals surface area contributed by atoms with Gasteiger partial charge >= 0.3 is 5.97 Å². The fourth-order valence-corrected chi connectivity index (χ4v) is 2.36. The highest BCUT2D eigenvalue weighted by atomic mass is 32.2. The Hall–Kier alpha value is -2.21. The number of anilines is 1. The highest BCUT2D eigenvalue weighted by molar-refractivity contribution is 7.99. The third-order valence-corrected chi connectivity index (χ3v) is 3.72. The molecule has 0 aliphatic rings. The number of hydrogen-bond acceptors (Lipinski definition) is 4.